The molecule has 0 rings (SSSR count). The third-order valence-corrected chi connectivity index (χ3v) is 1.17. The number of rotatable bonds is 2. The molecule has 0 unspecified atom stereocenters. The third kappa shape index (κ3) is 3.66. The predicted octanol–water partition coefficient (Wildman–Crippen LogP) is 0.546. The Labute approximate surface area is 48.2 Å². The van der Waals surface area contributed by atoms with Crippen molar-refractivity contribution in [2.24, 2.45) is 0 Å². The van der Waals surface area contributed by atoms with E-state index in [9.17, 15) is 0 Å². The van der Waals surface area contributed by atoms with Crippen molar-refractivity contribution in [1.82, 2.24) is 5.32 Å². The van der Waals surface area contributed by atoms with Gasteiger partial charge in [0.25, 0.3) is 0 Å². The normalized spacial score (nSPS) is 8.29. The molecule has 0 aliphatic heterocycles. The van der Waals surface area contributed by atoms with E-state index in [1.54, 1.807) is 18.8 Å². The average Bonchev–Trinajstić information content (AvgIpc) is 1.68. The second kappa shape index (κ2) is 3.99. The lowest BCUT2D eigenvalue weighted by Crippen LogP contribution is -2.18. The molecule has 0 aromatic heterocycles. The summed E-state index contributed by atoms with van der Waals surface area (Å²) in [4.78, 5) is 0. The zero-order chi connectivity index (χ0) is 5.70. The molecular weight excluding hydrogens is 108 g/mol. The van der Waals surface area contributed by atoms with Crippen LogP contribution in [0.4, 0.5) is 0 Å². The van der Waals surface area contributed by atoms with Crippen molar-refractivity contribution >= 4 is 17.6 Å². The molecule has 0 aromatic carbocycles. The van der Waals surface area contributed by atoms with E-state index in [4.69, 9.17) is 5.41 Å². The highest BCUT2D eigenvalue weighted by Crippen LogP contribution is 1.87. The molecule has 7 heavy (non-hydrogen) atoms. The molecule has 0 spiro atoms. The van der Waals surface area contributed by atoms with Gasteiger partial charge in [-0.25, -0.2) is 0 Å². The number of nitrogens with one attached hydrogen (secondary N) is 2. The molecule has 3 heteroatoms. The van der Waals surface area contributed by atoms with E-state index < -0.39 is 0 Å². The van der Waals surface area contributed by atoms with Crippen molar-refractivity contribution in [1.29, 1.82) is 5.41 Å². The summed E-state index contributed by atoms with van der Waals surface area (Å²) in [7, 11) is 1.76. The monoisotopic (exact) mass is 118 g/mol. The van der Waals surface area contributed by atoms with Gasteiger partial charge in [-0.05, 0) is 6.26 Å². The van der Waals surface area contributed by atoms with Crippen LogP contribution in [0.5, 0.6) is 0 Å². The summed E-state index contributed by atoms with van der Waals surface area (Å²) in [6, 6.07) is 0. The Balaban J connectivity index is 3.00. The van der Waals surface area contributed by atoms with Gasteiger partial charge in [-0.15, -0.1) is 0 Å². The lowest BCUT2D eigenvalue weighted by atomic mass is 10.7. The van der Waals surface area contributed by atoms with E-state index in [-0.39, 0.29) is 0 Å². The first-order valence-corrected chi connectivity index (χ1v) is 3.44. The first-order chi connectivity index (χ1) is 3.31. The summed E-state index contributed by atoms with van der Waals surface area (Å²) in [6.07, 6.45) is 1.98. The zero-order valence-corrected chi connectivity index (χ0v) is 5.43. The molecule has 0 heterocycles. The summed E-state index contributed by atoms with van der Waals surface area (Å²) in [5.74, 6) is 1.38. The highest BCUT2D eigenvalue weighted by Gasteiger charge is 1.84. The Morgan fingerprint density at radius 3 is 2.57 bits per heavy atom. The molecule has 2 nitrogen and oxygen atoms in total. The Bertz CT molecular complexity index is 62.7. The van der Waals surface area contributed by atoms with Gasteiger partial charge in [-0.2, -0.15) is 11.8 Å². The van der Waals surface area contributed by atoms with Crippen LogP contribution in [0.15, 0.2) is 0 Å². The van der Waals surface area contributed by atoms with Gasteiger partial charge in [0.2, 0.25) is 0 Å². The maximum absolute atomic E-state index is 7.01. The van der Waals surface area contributed by atoms with E-state index in [1.165, 1.54) is 0 Å². The number of hydrogen-bond donors (Lipinski definition) is 2. The van der Waals surface area contributed by atoms with Gasteiger partial charge in [-0.1, -0.05) is 0 Å². The van der Waals surface area contributed by atoms with Crippen molar-refractivity contribution < 1.29 is 0 Å². The molecule has 0 bridgehead atoms. The van der Waals surface area contributed by atoms with Crippen LogP contribution >= 0.6 is 11.8 Å². The van der Waals surface area contributed by atoms with E-state index in [1.807, 2.05) is 6.26 Å². The van der Waals surface area contributed by atoms with Crippen LogP contribution < -0.4 is 5.32 Å². The van der Waals surface area contributed by atoms with Crippen LogP contribution in [0.2, 0.25) is 0 Å². The molecule has 0 atom stereocenters. The second-order valence-corrected chi connectivity index (χ2v) is 2.03. The Kier molecular flexibility index (Phi) is 3.89. The van der Waals surface area contributed by atoms with Crippen LogP contribution in [-0.4, -0.2) is 24.9 Å². The molecule has 0 saturated carbocycles. The summed E-state index contributed by atoms with van der Waals surface area (Å²) in [6.45, 7) is 0. The minimum atomic E-state index is 0.590. The van der Waals surface area contributed by atoms with Crippen molar-refractivity contribution in [3.05, 3.63) is 0 Å². The number of amidine groups is 1. The minimum Gasteiger partial charge on any atom is -0.376 e. The molecule has 0 aliphatic rings. The predicted molar refractivity (Wildman–Crippen MR) is 35.2 cm³/mol. The fourth-order valence-corrected chi connectivity index (χ4v) is 0.650. The minimum absolute atomic E-state index is 0.590. The van der Waals surface area contributed by atoms with E-state index >= 15 is 0 Å². The van der Waals surface area contributed by atoms with Gasteiger partial charge in [0.1, 0.15) is 5.84 Å². The molecule has 0 saturated heterocycles. The lowest BCUT2D eigenvalue weighted by molar-refractivity contribution is 1.14. The fourth-order valence-electron chi connectivity index (χ4n) is 0.217. The first-order valence-electron chi connectivity index (χ1n) is 2.05. The van der Waals surface area contributed by atoms with E-state index in [2.05, 4.69) is 5.32 Å². The molecule has 2 N–H and O–H groups in total. The summed E-state index contributed by atoms with van der Waals surface area (Å²) < 4.78 is 0. The van der Waals surface area contributed by atoms with Gasteiger partial charge in [0.05, 0.1) is 5.75 Å². The van der Waals surface area contributed by atoms with Crippen molar-refractivity contribution in [2.45, 2.75) is 0 Å². The van der Waals surface area contributed by atoms with Crippen LogP contribution in [0.3, 0.4) is 0 Å². The Morgan fingerprint density at radius 1 is 1.86 bits per heavy atom. The molecular formula is C4H10N2S. The fraction of sp³-hybridized carbons (Fsp3) is 0.750. The molecule has 0 radical (unpaired) electrons. The highest BCUT2D eigenvalue weighted by atomic mass is 32.2. The molecule has 42 valence electrons. The third-order valence-electron chi connectivity index (χ3n) is 0.590. The van der Waals surface area contributed by atoms with Crippen LogP contribution in [0.25, 0.3) is 0 Å². The number of thioether (sulfide) groups is 1. The molecule has 0 fully saturated rings. The van der Waals surface area contributed by atoms with Crippen molar-refractivity contribution in [3.8, 4) is 0 Å². The van der Waals surface area contributed by atoms with E-state index in [0.29, 0.717) is 5.84 Å². The molecule has 0 aromatic rings. The molecule has 0 amide bonds. The lowest BCUT2D eigenvalue weighted by Gasteiger charge is -1.95. The molecule has 0 aliphatic carbocycles. The largest absolute Gasteiger partial charge is 0.376 e. The first kappa shape index (κ1) is 6.82. The summed E-state index contributed by atoms with van der Waals surface area (Å²) >= 11 is 1.65. The van der Waals surface area contributed by atoms with Gasteiger partial charge >= 0.3 is 0 Å². The smallest absolute Gasteiger partial charge is 0.103 e. The van der Waals surface area contributed by atoms with E-state index in [0.717, 1.165) is 5.75 Å². The standard InChI is InChI=1S/C4H10N2S/c1-6-4(5)3-7-2/h3H2,1-2H3,(H2,5,6). The van der Waals surface area contributed by atoms with Gasteiger partial charge in [-0.3, -0.25) is 5.41 Å². The SMILES string of the molecule is CNC(=N)CSC. The van der Waals surface area contributed by atoms with Gasteiger partial charge < -0.3 is 5.32 Å². The van der Waals surface area contributed by atoms with Crippen LogP contribution in [0, 0.1) is 5.41 Å². The zero-order valence-electron chi connectivity index (χ0n) is 4.62. The Morgan fingerprint density at radius 2 is 2.43 bits per heavy atom. The van der Waals surface area contributed by atoms with Crippen LogP contribution in [-0.2, 0) is 0 Å². The van der Waals surface area contributed by atoms with Crippen LogP contribution in [0.1, 0.15) is 0 Å². The highest BCUT2D eigenvalue weighted by molar-refractivity contribution is 7.99. The second-order valence-electron chi connectivity index (χ2n) is 1.16. The average molecular weight is 118 g/mol. The summed E-state index contributed by atoms with van der Waals surface area (Å²) in [5.41, 5.74) is 0. The van der Waals surface area contributed by atoms with Crippen molar-refractivity contribution in [3.63, 3.8) is 0 Å². The topological polar surface area (TPSA) is 35.9 Å². The quantitative estimate of drug-likeness (QED) is 0.410. The Hall–Kier alpha value is -0.180. The summed E-state index contributed by atoms with van der Waals surface area (Å²) in [5, 5.41) is 9.73. The van der Waals surface area contributed by atoms with Gasteiger partial charge in [0, 0.05) is 7.05 Å². The maximum Gasteiger partial charge on any atom is 0.103 e. The van der Waals surface area contributed by atoms with Crippen molar-refractivity contribution in [2.75, 3.05) is 19.1 Å². The maximum atomic E-state index is 7.01. The van der Waals surface area contributed by atoms with Gasteiger partial charge in [0.15, 0.2) is 0 Å². The number of hydrogen-bond acceptors (Lipinski definition) is 2.